The fourth-order valence-corrected chi connectivity index (χ4v) is 3.27. The van der Waals surface area contributed by atoms with Gasteiger partial charge in [0.25, 0.3) is 0 Å². The minimum Gasteiger partial charge on any atom is -0.493 e. The number of halogens is 1. The van der Waals surface area contributed by atoms with Crippen LogP contribution >= 0.6 is 0 Å². The summed E-state index contributed by atoms with van der Waals surface area (Å²) in [6.07, 6.45) is 0.182. The molecule has 4 rings (SSSR count). The summed E-state index contributed by atoms with van der Waals surface area (Å²) in [7, 11) is 3.10. The van der Waals surface area contributed by atoms with Crippen LogP contribution in [-0.4, -0.2) is 36.8 Å². The highest BCUT2D eigenvalue weighted by molar-refractivity contribution is 5.96. The summed E-state index contributed by atoms with van der Waals surface area (Å²) in [4.78, 5) is 18.2. The van der Waals surface area contributed by atoms with Gasteiger partial charge in [-0.2, -0.15) is 4.98 Å². The van der Waals surface area contributed by atoms with E-state index in [0.29, 0.717) is 28.8 Å². The number of benzene rings is 2. The monoisotopic (exact) mass is 383 g/mol. The lowest BCUT2D eigenvalue weighted by atomic mass is 10.1. The van der Waals surface area contributed by atoms with Gasteiger partial charge in [-0.15, -0.1) is 0 Å². The molecule has 3 aromatic rings. The molecule has 1 aliphatic heterocycles. The van der Waals surface area contributed by atoms with E-state index in [2.05, 4.69) is 10.1 Å². The molecule has 1 atom stereocenters. The number of para-hydroxylation sites is 1. The van der Waals surface area contributed by atoms with Crippen molar-refractivity contribution in [2.24, 2.45) is 0 Å². The Labute approximate surface area is 160 Å². The maximum Gasteiger partial charge on any atom is 0.232 e. The van der Waals surface area contributed by atoms with E-state index in [1.54, 1.807) is 50.6 Å². The average molecular weight is 383 g/mol. The predicted molar refractivity (Wildman–Crippen MR) is 98.9 cm³/mol. The number of rotatable bonds is 5. The second-order valence-corrected chi connectivity index (χ2v) is 6.38. The highest BCUT2D eigenvalue weighted by Crippen LogP contribution is 2.34. The number of hydrogen-bond donors (Lipinski definition) is 0. The zero-order valence-electron chi connectivity index (χ0n) is 15.4. The molecule has 2 heterocycles. The Morgan fingerprint density at radius 1 is 1.14 bits per heavy atom. The second kappa shape index (κ2) is 7.30. The molecule has 1 saturated heterocycles. The number of nitrogens with zero attached hydrogens (tertiary/aromatic N) is 3. The molecule has 2 aromatic carbocycles. The molecule has 0 bridgehead atoms. The Kier molecular flexibility index (Phi) is 4.68. The molecule has 1 fully saturated rings. The fourth-order valence-electron chi connectivity index (χ4n) is 3.27. The van der Waals surface area contributed by atoms with E-state index in [1.165, 1.54) is 11.0 Å². The Morgan fingerprint density at radius 2 is 1.93 bits per heavy atom. The third kappa shape index (κ3) is 3.17. The Hall–Kier alpha value is -3.42. The summed E-state index contributed by atoms with van der Waals surface area (Å²) in [6, 6.07) is 11.5. The lowest BCUT2D eigenvalue weighted by Gasteiger charge is -2.16. The van der Waals surface area contributed by atoms with Crippen LogP contribution in [0.3, 0.4) is 0 Å². The van der Waals surface area contributed by atoms with E-state index in [0.717, 1.165) is 0 Å². The van der Waals surface area contributed by atoms with Gasteiger partial charge in [-0.05, 0) is 30.3 Å². The Morgan fingerprint density at radius 3 is 2.68 bits per heavy atom. The lowest BCUT2D eigenvalue weighted by Crippen LogP contribution is -2.25. The van der Waals surface area contributed by atoms with Gasteiger partial charge in [-0.25, -0.2) is 4.39 Å². The molecule has 7 nitrogen and oxygen atoms in total. The van der Waals surface area contributed by atoms with Crippen molar-refractivity contribution < 1.29 is 23.2 Å². The Balaban J connectivity index is 1.57. The minimum atomic E-state index is -0.437. The number of anilines is 1. The van der Waals surface area contributed by atoms with Crippen molar-refractivity contribution in [3.8, 4) is 22.9 Å². The van der Waals surface area contributed by atoms with Crippen LogP contribution in [-0.2, 0) is 4.79 Å². The largest absolute Gasteiger partial charge is 0.493 e. The first-order valence-electron chi connectivity index (χ1n) is 8.71. The van der Waals surface area contributed by atoms with Crippen molar-refractivity contribution in [1.82, 2.24) is 10.1 Å². The van der Waals surface area contributed by atoms with Crippen molar-refractivity contribution in [2.75, 3.05) is 25.7 Å². The smallest absolute Gasteiger partial charge is 0.232 e. The molecule has 1 unspecified atom stereocenters. The predicted octanol–water partition coefficient (Wildman–Crippen LogP) is 3.41. The molecule has 1 amide bonds. The summed E-state index contributed by atoms with van der Waals surface area (Å²) in [6.45, 7) is 0.285. The normalized spacial score (nSPS) is 16.5. The number of aromatic nitrogens is 2. The number of methoxy groups -OCH3 is 2. The van der Waals surface area contributed by atoms with Crippen LogP contribution in [0.25, 0.3) is 11.4 Å². The standard InChI is InChI=1S/C20H18FN3O4/c1-26-16-8-7-12(9-17(16)27-2)19-22-20(28-23-19)13-10-18(25)24(11-13)15-6-4-3-5-14(15)21/h3-9,13H,10-11H2,1-2H3. The molecule has 0 spiro atoms. The van der Waals surface area contributed by atoms with Gasteiger partial charge in [-0.3, -0.25) is 4.79 Å². The summed E-state index contributed by atoms with van der Waals surface area (Å²) in [5.41, 5.74) is 0.956. The van der Waals surface area contributed by atoms with Crippen molar-refractivity contribution in [1.29, 1.82) is 0 Å². The van der Waals surface area contributed by atoms with Gasteiger partial charge in [-0.1, -0.05) is 17.3 Å². The van der Waals surface area contributed by atoms with Crippen LogP contribution in [0, 0.1) is 5.82 Å². The maximum atomic E-state index is 14.0. The van der Waals surface area contributed by atoms with Crippen LogP contribution in [0.1, 0.15) is 18.2 Å². The van der Waals surface area contributed by atoms with Crippen LogP contribution in [0.15, 0.2) is 47.0 Å². The molecule has 144 valence electrons. The van der Waals surface area contributed by atoms with Gasteiger partial charge in [0.2, 0.25) is 17.6 Å². The van der Waals surface area contributed by atoms with E-state index in [-0.39, 0.29) is 30.5 Å². The van der Waals surface area contributed by atoms with Gasteiger partial charge in [0.05, 0.1) is 25.8 Å². The Bertz CT molecular complexity index is 1020. The molecule has 1 aromatic heterocycles. The molecule has 0 aliphatic carbocycles. The highest BCUT2D eigenvalue weighted by atomic mass is 19.1. The number of amides is 1. The second-order valence-electron chi connectivity index (χ2n) is 6.38. The SMILES string of the molecule is COc1ccc(-c2noc(C3CC(=O)N(c4ccccc4F)C3)n2)cc1OC. The third-order valence-corrected chi connectivity index (χ3v) is 4.70. The van der Waals surface area contributed by atoms with Gasteiger partial charge in [0.15, 0.2) is 11.5 Å². The van der Waals surface area contributed by atoms with E-state index < -0.39 is 5.82 Å². The molecule has 0 saturated carbocycles. The molecular weight excluding hydrogens is 365 g/mol. The minimum absolute atomic E-state index is 0.180. The quantitative estimate of drug-likeness (QED) is 0.672. The van der Waals surface area contributed by atoms with E-state index in [4.69, 9.17) is 14.0 Å². The summed E-state index contributed by atoms with van der Waals surface area (Å²) in [5.74, 6) is 0.956. The first-order chi connectivity index (χ1) is 13.6. The van der Waals surface area contributed by atoms with E-state index in [9.17, 15) is 9.18 Å². The first kappa shape index (κ1) is 18.0. The fraction of sp³-hybridized carbons (Fsp3) is 0.250. The van der Waals surface area contributed by atoms with Crippen LogP contribution in [0.4, 0.5) is 10.1 Å². The van der Waals surface area contributed by atoms with Crippen LogP contribution in [0.2, 0.25) is 0 Å². The molecule has 28 heavy (non-hydrogen) atoms. The number of ether oxygens (including phenoxy) is 2. The average Bonchev–Trinajstić information content (AvgIpc) is 3.35. The van der Waals surface area contributed by atoms with E-state index in [1.807, 2.05) is 0 Å². The van der Waals surface area contributed by atoms with Gasteiger partial charge in [0, 0.05) is 18.5 Å². The maximum absolute atomic E-state index is 14.0. The van der Waals surface area contributed by atoms with Crippen LogP contribution < -0.4 is 14.4 Å². The van der Waals surface area contributed by atoms with Gasteiger partial charge >= 0.3 is 0 Å². The van der Waals surface area contributed by atoms with Crippen molar-refractivity contribution >= 4 is 11.6 Å². The van der Waals surface area contributed by atoms with Gasteiger partial charge in [0.1, 0.15) is 5.82 Å². The van der Waals surface area contributed by atoms with Gasteiger partial charge < -0.3 is 18.9 Å². The first-order valence-corrected chi connectivity index (χ1v) is 8.71. The van der Waals surface area contributed by atoms with Crippen molar-refractivity contribution in [2.45, 2.75) is 12.3 Å². The highest BCUT2D eigenvalue weighted by Gasteiger charge is 2.36. The molecule has 0 N–H and O–H groups in total. The molecule has 0 radical (unpaired) electrons. The van der Waals surface area contributed by atoms with E-state index >= 15 is 0 Å². The lowest BCUT2D eigenvalue weighted by molar-refractivity contribution is -0.117. The van der Waals surface area contributed by atoms with Crippen LogP contribution in [0.5, 0.6) is 11.5 Å². The summed E-state index contributed by atoms with van der Waals surface area (Å²) < 4.78 is 29.9. The molecule has 1 aliphatic rings. The topological polar surface area (TPSA) is 77.7 Å². The molecule has 8 heteroatoms. The zero-order chi connectivity index (χ0) is 19.7. The van der Waals surface area contributed by atoms with Crippen molar-refractivity contribution in [3.63, 3.8) is 0 Å². The zero-order valence-corrected chi connectivity index (χ0v) is 15.4. The molecular formula is C20H18FN3O4. The summed E-state index contributed by atoms with van der Waals surface area (Å²) in [5, 5.41) is 4.02. The number of hydrogen-bond acceptors (Lipinski definition) is 6. The third-order valence-electron chi connectivity index (χ3n) is 4.70. The van der Waals surface area contributed by atoms with Crippen molar-refractivity contribution in [3.05, 3.63) is 54.2 Å². The number of carbonyl (C=O) groups is 1. The number of carbonyl (C=O) groups excluding carboxylic acids is 1. The summed E-state index contributed by atoms with van der Waals surface area (Å²) >= 11 is 0.